The fourth-order valence-electron chi connectivity index (χ4n) is 2.66. The Labute approximate surface area is 160 Å². The van der Waals surface area contributed by atoms with Gasteiger partial charge in [-0.25, -0.2) is 0 Å². The monoisotopic (exact) mass is 385 g/mol. The summed E-state index contributed by atoms with van der Waals surface area (Å²) in [6, 6.07) is 12.1. The number of nitrogens with one attached hydrogen (secondary N) is 1. The minimum absolute atomic E-state index is 0.0538. The van der Waals surface area contributed by atoms with Crippen molar-refractivity contribution in [1.82, 2.24) is 4.90 Å². The van der Waals surface area contributed by atoms with Crippen LogP contribution in [0.5, 0.6) is 0 Å². The fraction of sp³-hybridized carbons (Fsp3) is 0.211. The quantitative estimate of drug-likeness (QED) is 0.464. The average molecular weight is 385 g/mol. The summed E-state index contributed by atoms with van der Waals surface area (Å²) in [7, 11) is 0. The number of amides is 1. The van der Waals surface area contributed by atoms with Crippen molar-refractivity contribution >= 4 is 28.6 Å². The highest BCUT2D eigenvalue weighted by atomic mass is 32.1. The zero-order valence-electron chi connectivity index (χ0n) is 14.8. The highest BCUT2D eigenvalue weighted by Gasteiger charge is 2.16. The topological polar surface area (TPSA) is 88.6 Å². The van der Waals surface area contributed by atoms with Crippen molar-refractivity contribution in [2.75, 3.05) is 11.9 Å². The number of hydrogen-bond acceptors (Lipinski definition) is 6. The van der Waals surface area contributed by atoms with Crippen molar-refractivity contribution < 1.29 is 14.1 Å². The van der Waals surface area contributed by atoms with Gasteiger partial charge in [-0.1, -0.05) is 12.1 Å². The maximum Gasteiger partial charge on any atom is 0.271 e. The number of benzene rings is 1. The van der Waals surface area contributed by atoms with Crippen LogP contribution < -0.4 is 5.32 Å². The summed E-state index contributed by atoms with van der Waals surface area (Å²) in [4.78, 5) is 26.1. The molecule has 1 aromatic carbocycles. The van der Waals surface area contributed by atoms with Crippen molar-refractivity contribution in [3.8, 4) is 0 Å². The smallest absolute Gasteiger partial charge is 0.271 e. The van der Waals surface area contributed by atoms with Crippen LogP contribution in [0.25, 0.3) is 0 Å². The van der Waals surface area contributed by atoms with Crippen LogP contribution in [0.4, 0.5) is 11.4 Å². The van der Waals surface area contributed by atoms with Gasteiger partial charge in [-0.2, -0.15) is 0 Å². The Bertz CT molecular complexity index is 871. The second kappa shape index (κ2) is 8.61. The van der Waals surface area contributed by atoms with Crippen LogP contribution in [0, 0.1) is 17.0 Å². The van der Waals surface area contributed by atoms with Gasteiger partial charge in [0.2, 0.25) is 5.91 Å². The molecular weight excluding hydrogens is 366 g/mol. The molecule has 1 N–H and O–H groups in total. The number of non-ortho nitro benzene ring substituents is 1. The van der Waals surface area contributed by atoms with Gasteiger partial charge < -0.3 is 9.73 Å². The maximum atomic E-state index is 12.6. The molecule has 7 nitrogen and oxygen atoms in total. The van der Waals surface area contributed by atoms with E-state index in [9.17, 15) is 14.9 Å². The second-order valence-electron chi connectivity index (χ2n) is 6.11. The molecule has 0 saturated carbocycles. The number of nitrogens with zero attached hydrogens (tertiary/aromatic N) is 2. The zero-order valence-corrected chi connectivity index (χ0v) is 15.6. The molecule has 2 heterocycles. The van der Waals surface area contributed by atoms with Crippen molar-refractivity contribution in [3.05, 3.63) is 80.4 Å². The Balaban J connectivity index is 1.70. The van der Waals surface area contributed by atoms with Crippen LogP contribution >= 0.6 is 11.3 Å². The Kier molecular flexibility index (Phi) is 6.00. The van der Waals surface area contributed by atoms with Gasteiger partial charge in [0.15, 0.2) is 0 Å². The lowest BCUT2D eigenvalue weighted by Gasteiger charge is -2.20. The molecule has 0 aliphatic heterocycles. The summed E-state index contributed by atoms with van der Waals surface area (Å²) in [5.41, 5.74) is 1.16. The largest absolute Gasteiger partial charge is 0.468 e. The molecule has 27 heavy (non-hydrogen) atoms. The second-order valence-corrected chi connectivity index (χ2v) is 7.14. The highest BCUT2D eigenvalue weighted by molar-refractivity contribution is 7.09. The molecule has 0 saturated heterocycles. The first kappa shape index (κ1) is 18.8. The molecule has 2 aromatic heterocycles. The van der Waals surface area contributed by atoms with Crippen molar-refractivity contribution in [1.29, 1.82) is 0 Å². The number of nitro benzene ring substituents is 1. The number of hydrogen-bond donors (Lipinski definition) is 1. The van der Waals surface area contributed by atoms with E-state index in [0.717, 1.165) is 16.2 Å². The molecule has 0 aliphatic carbocycles. The minimum atomic E-state index is -0.477. The molecule has 8 heteroatoms. The summed E-state index contributed by atoms with van der Waals surface area (Å²) in [5, 5.41) is 15.7. The lowest BCUT2D eigenvalue weighted by molar-refractivity contribution is -0.384. The van der Waals surface area contributed by atoms with E-state index in [0.29, 0.717) is 18.8 Å². The van der Waals surface area contributed by atoms with Gasteiger partial charge in [-0.05, 0) is 36.1 Å². The summed E-state index contributed by atoms with van der Waals surface area (Å²) in [6.07, 6.45) is 1.60. The van der Waals surface area contributed by atoms with E-state index in [4.69, 9.17) is 4.42 Å². The Hall–Kier alpha value is -2.97. The lowest BCUT2D eigenvalue weighted by atomic mass is 10.2. The number of furan rings is 1. The van der Waals surface area contributed by atoms with E-state index in [-0.39, 0.29) is 18.1 Å². The van der Waals surface area contributed by atoms with Crippen LogP contribution in [0.1, 0.15) is 16.2 Å². The number of nitro groups is 1. The number of carbonyl (C=O) groups is 1. The van der Waals surface area contributed by atoms with Gasteiger partial charge in [-0.3, -0.25) is 19.8 Å². The zero-order chi connectivity index (χ0) is 19.2. The summed E-state index contributed by atoms with van der Waals surface area (Å²) >= 11 is 1.62. The first-order valence-electron chi connectivity index (χ1n) is 8.33. The first-order chi connectivity index (χ1) is 13.0. The molecule has 0 fully saturated rings. The molecule has 140 valence electrons. The summed E-state index contributed by atoms with van der Waals surface area (Å²) in [5.74, 6) is 0.535. The number of carbonyl (C=O) groups excluding carboxylic acids is 1. The van der Waals surface area contributed by atoms with E-state index in [1.54, 1.807) is 30.6 Å². The summed E-state index contributed by atoms with van der Waals surface area (Å²) in [6.45, 7) is 3.04. The third-order valence-corrected chi connectivity index (χ3v) is 4.85. The van der Waals surface area contributed by atoms with Gasteiger partial charge >= 0.3 is 0 Å². The highest BCUT2D eigenvalue weighted by Crippen LogP contribution is 2.22. The van der Waals surface area contributed by atoms with Gasteiger partial charge in [0.1, 0.15) is 5.76 Å². The van der Waals surface area contributed by atoms with E-state index < -0.39 is 4.92 Å². The number of rotatable bonds is 8. The molecular formula is C19H19N3O4S. The predicted octanol–water partition coefficient (Wildman–Crippen LogP) is 4.20. The first-order valence-corrected chi connectivity index (χ1v) is 9.21. The van der Waals surface area contributed by atoms with E-state index >= 15 is 0 Å². The van der Waals surface area contributed by atoms with Crippen LogP contribution in [-0.4, -0.2) is 22.3 Å². The third-order valence-electron chi connectivity index (χ3n) is 3.99. The molecule has 0 atom stereocenters. The maximum absolute atomic E-state index is 12.6. The number of anilines is 1. The van der Waals surface area contributed by atoms with E-state index in [1.165, 1.54) is 12.1 Å². The van der Waals surface area contributed by atoms with Crippen molar-refractivity contribution in [2.24, 2.45) is 0 Å². The van der Waals surface area contributed by atoms with Gasteiger partial charge in [0, 0.05) is 23.6 Å². The molecule has 0 radical (unpaired) electrons. The van der Waals surface area contributed by atoms with Crippen LogP contribution in [0.2, 0.25) is 0 Å². The SMILES string of the molecule is Cc1ccc([N+](=O)[O-])cc1NC(=O)CN(Cc1ccco1)Cc1cccs1. The van der Waals surface area contributed by atoms with Gasteiger partial charge in [0.05, 0.1) is 30.0 Å². The Morgan fingerprint density at radius 3 is 2.78 bits per heavy atom. The Morgan fingerprint density at radius 1 is 1.26 bits per heavy atom. The van der Waals surface area contributed by atoms with Gasteiger partial charge in [-0.15, -0.1) is 11.3 Å². The van der Waals surface area contributed by atoms with E-state index in [2.05, 4.69) is 5.32 Å². The molecule has 0 spiro atoms. The van der Waals surface area contributed by atoms with Gasteiger partial charge in [0.25, 0.3) is 5.69 Å². The Morgan fingerprint density at radius 2 is 2.11 bits per heavy atom. The molecule has 0 bridgehead atoms. The molecule has 0 unspecified atom stereocenters. The predicted molar refractivity (Wildman–Crippen MR) is 104 cm³/mol. The number of aryl methyl sites for hydroxylation is 1. The normalized spacial score (nSPS) is 10.9. The molecule has 1 amide bonds. The van der Waals surface area contributed by atoms with E-state index in [1.807, 2.05) is 34.5 Å². The van der Waals surface area contributed by atoms with Crippen LogP contribution in [-0.2, 0) is 17.9 Å². The summed E-state index contributed by atoms with van der Waals surface area (Å²) < 4.78 is 5.40. The third kappa shape index (κ3) is 5.25. The van der Waals surface area contributed by atoms with Crippen LogP contribution in [0.3, 0.4) is 0 Å². The van der Waals surface area contributed by atoms with Crippen molar-refractivity contribution in [2.45, 2.75) is 20.0 Å². The standard InChI is InChI=1S/C19H19N3O4S/c1-14-6-7-15(22(24)25)10-18(14)20-19(23)13-21(11-16-4-2-8-26-16)12-17-5-3-9-27-17/h2-10H,11-13H2,1H3,(H,20,23). The lowest BCUT2D eigenvalue weighted by Crippen LogP contribution is -2.32. The fourth-order valence-corrected chi connectivity index (χ4v) is 3.41. The van der Waals surface area contributed by atoms with Crippen LogP contribution in [0.15, 0.2) is 58.5 Å². The minimum Gasteiger partial charge on any atom is -0.468 e. The molecule has 3 rings (SSSR count). The number of thiophene rings is 1. The van der Waals surface area contributed by atoms with Crippen molar-refractivity contribution in [3.63, 3.8) is 0 Å². The average Bonchev–Trinajstić information content (AvgIpc) is 3.30. The molecule has 0 aliphatic rings. The molecule has 3 aromatic rings.